The van der Waals surface area contributed by atoms with Gasteiger partial charge < -0.3 is 15.4 Å². The average Bonchev–Trinajstić information content (AvgIpc) is 2.99. The number of nitrogens with zero attached hydrogens (tertiary/aromatic N) is 3. The van der Waals surface area contributed by atoms with Gasteiger partial charge in [-0.05, 0) is 29.2 Å². The highest BCUT2D eigenvalue weighted by molar-refractivity contribution is 7.99. The fourth-order valence-electron chi connectivity index (χ4n) is 2.21. The van der Waals surface area contributed by atoms with Crippen LogP contribution in [-0.4, -0.2) is 34.9 Å². The van der Waals surface area contributed by atoms with Crippen LogP contribution in [0.15, 0.2) is 29.4 Å². The maximum Gasteiger partial charge on any atom is 0.368 e. The molecule has 0 spiro atoms. The minimum atomic E-state index is -3.34. The Morgan fingerprint density at radius 1 is 1.30 bits per heavy atom. The quantitative estimate of drug-likeness (QED) is 0.622. The first-order chi connectivity index (χ1) is 10.8. The molecule has 11 heteroatoms. The van der Waals surface area contributed by atoms with Crippen molar-refractivity contribution >= 4 is 44.8 Å². The molecule has 0 atom stereocenters. The average molecular weight is 355 g/mol. The second-order valence-electron chi connectivity index (χ2n) is 4.90. The zero-order valence-electron chi connectivity index (χ0n) is 12.0. The molecule has 2 N–H and O–H groups in total. The van der Waals surface area contributed by atoms with E-state index in [0.29, 0.717) is 23.1 Å². The molecule has 9 nitrogen and oxygen atoms in total. The second kappa shape index (κ2) is 5.74. The summed E-state index contributed by atoms with van der Waals surface area (Å²) >= 11 is 1.47. The highest BCUT2D eigenvalue weighted by Crippen LogP contribution is 2.36. The van der Waals surface area contributed by atoms with Gasteiger partial charge in [0, 0.05) is 17.1 Å². The lowest BCUT2D eigenvalue weighted by molar-refractivity contribution is -0.391. The molecule has 3 rings (SSSR count). The minimum absolute atomic E-state index is 0.0664. The van der Waals surface area contributed by atoms with E-state index in [4.69, 9.17) is 0 Å². The summed E-state index contributed by atoms with van der Waals surface area (Å²) in [5.74, 6) is 0.888. The number of sulfonamides is 1. The molecule has 0 amide bonds. The van der Waals surface area contributed by atoms with Gasteiger partial charge >= 0.3 is 5.82 Å². The molecule has 1 aliphatic heterocycles. The number of imidazole rings is 1. The van der Waals surface area contributed by atoms with Crippen molar-refractivity contribution in [2.45, 2.75) is 11.7 Å². The molecule has 1 aromatic heterocycles. The van der Waals surface area contributed by atoms with Gasteiger partial charge in [-0.2, -0.15) is 9.55 Å². The predicted octanol–water partition coefficient (Wildman–Crippen LogP) is 2.01. The first-order valence-electron chi connectivity index (χ1n) is 6.56. The summed E-state index contributed by atoms with van der Waals surface area (Å²) < 4.78 is 26.2. The molecule has 0 fully saturated rings. The third-order valence-corrected chi connectivity index (χ3v) is 4.64. The van der Waals surface area contributed by atoms with Crippen molar-refractivity contribution in [1.29, 1.82) is 0 Å². The molecule has 0 saturated carbocycles. The number of aromatic nitrogens is 2. The summed E-state index contributed by atoms with van der Waals surface area (Å²) in [7, 11) is -3.34. The Balaban J connectivity index is 1.84. The van der Waals surface area contributed by atoms with Gasteiger partial charge in [0.05, 0.1) is 6.26 Å². The summed E-state index contributed by atoms with van der Waals surface area (Å²) in [5.41, 5.74) is 0.990. The van der Waals surface area contributed by atoms with Crippen LogP contribution in [-0.2, 0) is 16.6 Å². The van der Waals surface area contributed by atoms with Crippen molar-refractivity contribution in [3.63, 3.8) is 0 Å². The molecule has 122 valence electrons. The van der Waals surface area contributed by atoms with Crippen molar-refractivity contribution in [3.8, 4) is 0 Å². The number of nitrogens with one attached hydrogen (secondary N) is 2. The van der Waals surface area contributed by atoms with Crippen molar-refractivity contribution in [3.05, 3.63) is 34.4 Å². The van der Waals surface area contributed by atoms with Crippen molar-refractivity contribution in [1.82, 2.24) is 9.55 Å². The van der Waals surface area contributed by atoms with E-state index < -0.39 is 14.9 Å². The molecular formula is C12H13N5O4S2. The zero-order chi connectivity index (χ0) is 16.6. The van der Waals surface area contributed by atoms with Gasteiger partial charge in [0.2, 0.25) is 15.8 Å². The Morgan fingerprint density at radius 3 is 2.57 bits per heavy atom. The van der Waals surface area contributed by atoms with Gasteiger partial charge in [-0.25, -0.2) is 8.42 Å². The molecule has 0 radical (unpaired) electrons. The van der Waals surface area contributed by atoms with Crippen molar-refractivity contribution in [2.24, 2.45) is 0 Å². The number of nitro groups is 1. The standard InChI is InChI=1S/C12H13N5O4S2/c1-23(20,21)15-9-4-2-8(3-5-9)13-10-11(17(18)19)16-6-7-22-12(16)14-10/h2-5,13,15H,6-7H2,1H3. The summed E-state index contributed by atoms with van der Waals surface area (Å²) in [4.78, 5) is 15.1. The smallest absolute Gasteiger partial charge is 0.358 e. The normalized spacial score (nSPS) is 13.6. The zero-order valence-corrected chi connectivity index (χ0v) is 13.6. The van der Waals surface area contributed by atoms with Crippen LogP contribution in [0.1, 0.15) is 0 Å². The predicted molar refractivity (Wildman–Crippen MR) is 87.8 cm³/mol. The van der Waals surface area contributed by atoms with Gasteiger partial charge in [-0.1, -0.05) is 11.8 Å². The van der Waals surface area contributed by atoms with Crippen LogP contribution >= 0.6 is 11.8 Å². The molecule has 0 aliphatic carbocycles. The molecular weight excluding hydrogens is 342 g/mol. The summed E-state index contributed by atoms with van der Waals surface area (Å²) in [5, 5.41) is 14.8. The Kier molecular flexibility index (Phi) is 3.90. The number of benzene rings is 1. The maximum absolute atomic E-state index is 11.3. The first-order valence-corrected chi connectivity index (χ1v) is 9.44. The fourth-order valence-corrected chi connectivity index (χ4v) is 3.72. The molecule has 23 heavy (non-hydrogen) atoms. The van der Waals surface area contributed by atoms with Gasteiger partial charge in [0.15, 0.2) is 0 Å². The molecule has 2 aromatic rings. The number of hydrogen-bond acceptors (Lipinski definition) is 7. The highest BCUT2D eigenvalue weighted by Gasteiger charge is 2.31. The van der Waals surface area contributed by atoms with Crippen LogP contribution in [0.25, 0.3) is 0 Å². The Hall–Kier alpha value is -2.27. The lowest BCUT2D eigenvalue weighted by atomic mass is 10.3. The number of rotatable bonds is 5. The van der Waals surface area contributed by atoms with Crippen molar-refractivity contribution in [2.75, 3.05) is 22.0 Å². The summed E-state index contributed by atoms with van der Waals surface area (Å²) in [6, 6.07) is 6.37. The van der Waals surface area contributed by atoms with Crippen LogP contribution < -0.4 is 10.0 Å². The molecule has 0 bridgehead atoms. The second-order valence-corrected chi connectivity index (χ2v) is 7.71. The van der Waals surface area contributed by atoms with Gasteiger partial charge in [-0.15, -0.1) is 0 Å². The largest absolute Gasteiger partial charge is 0.368 e. The first kappa shape index (κ1) is 15.6. The number of thioether (sulfide) groups is 1. The van der Waals surface area contributed by atoms with E-state index in [-0.39, 0.29) is 11.6 Å². The van der Waals surface area contributed by atoms with Gasteiger partial charge in [0.1, 0.15) is 6.54 Å². The van der Waals surface area contributed by atoms with E-state index in [2.05, 4.69) is 15.0 Å². The topological polar surface area (TPSA) is 119 Å². The Bertz CT molecular complexity index is 860. The van der Waals surface area contributed by atoms with Crippen LogP contribution in [0.3, 0.4) is 0 Å². The number of anilines is 3. The van der Waals surface area contributed by atoms with E-state index in [9.17, 15) is 18.5 Å². The van der Waals surface area contributed by atoms with Crippen LogP contribution in [0, 0.1) is 10.1 Å². The van der Waals surface area contributed by atoms with E-state index in [1.165, 1.54) is 11.8 Å². The SMILES string of the molecule is CS(=O)(=O)Nc1ccc(Nc2nc3n(c2[N+](=O)[O-])CCS3)cc1. The number of hydrogen-bond donors (Lipinski definition) is 2. The molecule has 0 saturated heterocycles. The van der Waals surface area contributed by atoms with Crippen molar-refractivity contribution < 1.29 is 13.3 Å². The van der Waals surface area contributed by atoms with E-state index in [0.717, 1.165) is 12.0 Å². The molecule has 1 aliphatic rings. The van der Waals surface area contributed by atoms with Crippen LogP contribution in [0.5, 0.6) is 0 Å². The van der Waals surface area contributed by atoms with E-state index in [1.807, 2.05) is 0 Å². The van der Waals surface area contributed by atoms with Gasteiger partial charge in [-0.3, -0.25) is 4.72 Å². The third-order valence-electron chi connectivity index (χ3n) is 3.08. The van der Waals surface area contributed by atoms with Gasteiger partial charge in [0.25, 0.3) is 5.16 Å². The third kappa shape index (κ3) is 3.40. The highest BCUT2D eigenvalue weighted by atomic mass is 32.2. The Labute approximate surface area is 136 Å². The molecule has 1 aromatic carbocycles. The maximum atomic E-state index is 11.3. The fraction of sp³-hybridized carbons (Fsp3) is 0.250. The molecule has 0 unspecified atom stereocenters. The monoisotopic (exact) mass is 355 g/mol. The minimum Gasteiger partial charge on any atom is -0.358 e. The lowest BCUT2D eigenvalue weighted by Crippen LogP contribution is -2.09. The summed E-state index contributed by atoms with van der Waals surface area (Å²) in [6.45, 7) is 0.558. The number of fused-ring (bicyclic) bond motifs is 1. The van der Waals surface area contributed by atoms with Crippen LogP contribution in [0.2, 0.25) is 0 Å². The Morgan fingerprint density at radius 2 is 1.96 bits per heavy atom. The molecule has 2 heterocycles. The van der Waals surface area contributed by atoms with E-state index in [1.54, 1.807) is 28.8 Å². The van der Waals surface area contributed by atoms with Crippen LogP contribution in [0.4, 0.5) is 23.0 Å². The lowest BCUT2D eigenvalue weighted by Gasteiger charge is -2.07. The van der Waals surface area contributed by atoms with E-state index >= 15 is 0 Å². The summed E-state index contributed by atoms with van der Waals surface area (Å²) in [6.07, 6.45) is 1.06.